The van der Waals surface area contributed by atoms with E-state index in [-0.39, 0.29) is 76.6 Å². The fourth-order valence-corrected chi connectivity index (χ4v) is 4.72. The fourth-order valence-electron chi connectivity index (χ4n) is 4.46. The number of benzene rings is 2. The third kappa shape index (κ3) is 4.83. The molecule has 37 heavy (non-hydrogen) atoms. The van der Waals surface area contributed by atoms with Crippen LogP contribution in [0, 0.1) is 11.2 Å². The Hall–Kier alpha value is -3.73. The zero-order chi connectivity index (χ0) is 27.1. The number of carbonyl (C=O) groups is 3. The summed E-state index contributed by atoms with van der Waals surface area (Å²) >= 11 is 6.19. The van der Waals surface area contributed by atoms with Gasteiger partial charge in [0.25, 0.3) is 5.91 Å². The summed E-state index contributed by atoms with van der Waals surface area (Å²) in [6.07, 6.45) is -4.44. The summed E-state index contributed by atoms with van der Waals surface area (Å²) in [5.74, 6) is -3.28. The Kier molecular flexibility index (Phi) is 6.85. The second-order valence-corrected chi connectivity index (χ2v) is 9.26. The van der Waals surface area contributed by atoms with Crippen LogP contribution in [0.2, 0.25) is 5.02 Å². The molecule has 194 valence electrons. The number of rotatable bonds is 7. The van der Waals surface area contributed by atoms with Crippen LogP contribution in [-0.4, -0.2) is 53.3 Å². The zero-order valence-electron chi connectivity index (χ0n) is 19.1. The van der Waals surface area contributed by atoms with Crippen LogP contribution in [0.5, 0.6) is 0 Å². The van der Waals surface area contributed by atoms with Crippen molar-refractivity contribution < 1.29 is 37.1 Å². The van der Waals surface area contributed by atoms with Gasteiger partial charge >= 0.3 is 12.1 Å². The molecular weight excluding hydrogens is 518 g/mol. The van der Waals surface area contributed by atoms with Gasteiger partial charge in [-0.15, -0.1) is 0 Å². The molecule has 1 saturated carbocycles. The minimum Gasteiger partial charge on any atom is -0.478 e. The summed E-state index contributed by atoms with van der Waals surface area (Å²) in [6.45, 7) is -0.0457. The lowest BCUT2D eigenvalue weighted by molar-refractivity contribution is -0.160. The molecule has 2 amide bonds. The third-order valence-electron chi connectivity index (χ3n) is 6.62. The number of alkyl halides is 3. The molecule has 1 heterocycles. The van der Waals surface area contributed by atoms with Crippen LogP contribution in [-0.2, 0) is 10.2 Å². The van der Waals surface area contributed by atoms with Gasteiger partial charge in [0, 0.05) is 23.4 Å². The highest BCUT2D eigenvalue weighted by atomic mass is 35.5. The minimum atomic E-state index is -4.60. The molecule has 0 spiro atoms. The number of nitrogens with zero attached hydrogens (tertiary/aromatic N) is 1. The normalized spacial score (nSPS) is 16.8. The van der Waals surface area contributed by atoms with Crippen molar-refractivity contribution in [3.8, 4) is 0 Å². The van der Waals surface area contributed by atoms with Gasteiger partial charge in [-0.2, -0.15) is 13.2 Å². The molecule has 2 aromatic carbocycles. The number of hydrogen-bond donors (Lipinski definition) is 3. The Balaban J connectivity index is 1.74. The van der Waals surface area contributed by atoms with Crippen molar-refractivity contribution >= 4 is 35.6 Å². The van der Waals surface area contributed by atoms with Crippen LogP contribution in [0.15, 0.2) is 47.7 Å². The van der Waals surface area contributed by atoms with Gasteiger partial charge < -0.3 is 15.3 Å². The molecule has 1 aliphatic carbocycles. The van der Waals surface area contributed by atoms with Crippen LogP contribution >= 0.6 is 11.6 Å². The number of hydrogen-bond acceptors (Lipinski definition) is 4. The van der Waals surface area contributed by atoms with Crippen molar-refractivity contribution in [3.05, 3.63) is 80.8 Å². The molecule has 3 N–H and O–H groups in total. The van der Waals surface area contributed by atoms with Crippen molar-refractivity contribution in [2.45, 2.75) is 30.9 Å². The smallest absolute Gasteiger partial charge is 0.398 e. The van der Waals surface area contributed by atoms with Crippen LogP contribution < -0.4 is 5.32 Å². The maximum Gasteiger partial charge on any atom is 0.398 e. The SMILES string of the molecule is N=C(C1=C(NC(=O)c2c(Cl)cccc2C2(C(F)(F)F)CC2)CN(C=O)CC1)c1ccc(C(=O)O)cc1F. The van der Waals surface area contributed by atoms with Crippen LogP contribution in [0.4, 0.5) is 17.6 Å². The molecule has 4 rings (SSSR count). The predicted octanol–water partition coefficient (Wildman–Crippen LogP) is 4.69. The number of carboxylic acid groups (broad SMARTS) is 1. The average molecular weight is 538 g/mol. The van der Waals surface area contributed by atoms with E-state index in [9.17, 15) is 31.9 Å². The summed E-state index contributed by atoms with van der Waals surface area (Å²) in [5, 5.41) is 19.9. The molecule has 2 aromatic rings. The fraction of sp³-hybridized carbons (Fsp3) is 0.280. The van der Waals surface area contributed by atoms with Crippen molar-refractivity contribution in [2.24, 2.45) is 0 Å². The predicted molar refractivity (Wildman–Crippen MR) is 125 cm³/mol. The lowest BCUT2D eigenvalue weighted by atomic mass is 9.89. The highest BCUT2D eigenvalue weighted by Crippen LogP contribution is 2.60. The van der Waals surface area contributed by atoms with Crippen LogP contribution in [0.25, 0.3) is 0 Å². The highest BCUT2D eigenvalue weighted by Gasteiger charge is 2.65. The number of nitrogens with one attached hydrogen (secondary N) is 2. The molecule has 0 saturated heterocycles. The van der Waals surface area contributed by atoms with E-state index >= 15 is 0 Å². The monoisotopic (exact) mass is 537 g/mol. The first-order chi connectivity index (χ1) is 17.4. The van der Waals surface area contributed by atoms with E-state index < -0.39 is 29.3 Å². The molecule has 0 radical (unpaired) electrons. The number of carboxylic acids is 1. The number of aromatic carboxylic acids is 1. The van der Waals surface area contributed by atoms with Gasteiger partial charge in [0.2, 0.25) is 6.41 Å². The maximum absolute atomic E-state index is 14.7. The van der Waals surface area contributed by atoms with E-state index in [1.54, 1.807) is 0 Å². The van der Waals surface area contributed by atoms with E-state index in [4.69, 9.17) is 22.1 Å². The summed E-state index contributed by atoms with van der Waals surface area (Å²) in [5.41, 5.74) is -3.56. The van der Waals surface area contributed by atoms with E-state index in [1.165, 1.54) is 23.1 Å². The lowest BCUT2D eigenvalue weighted by Gasteiger charge is -2.29. The number of halogens is 5. The van der Waals surface area contributed by atoms with Crippen molar-refractivity contribution in [3.63, 3.8) is 0 Å². The van der Waals surface area contributed by atoms with Crippen molar-refractivity contribution in [1.82, 2.24) is 10.2 Å². The molecule has 0 bridgehead atoms. The molecule has 0 atom stereocenters. The molecular formula is C25H20ClF4N3O4. The molecule has 0 unspecified atom stereocenters. The van der Waals surface area contributed by atoms with Gasteiger partial charge in [0.15, 0.2) is 0 Å². The topological polar surface area (TPSA) is 111 Å². The standard InChI is InChI=1S/C25H20ClF4N3O4/c26-17-3-1-2-16(24(7-8-24)25(28,29)30)20(17)22(35)32-19-11-33(12-34)9-6-15(19)21(31)14-5-4-13(23(36)37)10-18(14)27/h1-5,10,12,31H,6-9,11H2,(H,32,35)(H,36,37). The van der Waals surface area contributed by atoms with E-state index in [1.807, 2.05) is 0 Å². The third-order valence-corrected chi connectivity index (χ3v) is 6.94. The van der Waals surface area contributed by atoms with E-state index in [0.29, 0.717) is 6.41 Å². The van der Waals surface area contributed by atoms with Gasteiger partial charge in [-0.05, 0) is 49.1 Å². The molecule has 0 aromatic heterocycles. The first-order valence-corrected chi connectivity index (χ1v) is 11.5. The average Bonchev–Trinajstić information content (AvgIpc) is 3.65. The van der Waals surface area contributed by atoms with Gasteiger partial charge in [-0.3, -0.25) is 15.0 Å². The van der Waals surface area contributed by atoms with Gasteiger partial charge in [0.05, 0.1) is 33.8 Å². The first-order valence-electron chi connectivity index (χ1n) is 11.1. The van der Waals surface area contributed by atoms with Gasteiger partial charge in [0.1, 0.15) is 5.82 Å². The Morgan fingerprint density at radius 2 is 1.89 bits per heavy atom. The van der Waals surface area contributed by atoms with Crippen LogP contribution in [0.3, 0.4) is 0 Å². The molecule has 1 aliphatic heterocycles. The summed E-state index contributed by atoms with van der Waals surface area (Å²) in [7, 11) is 0. The van der Waals surface area contributed by atoms with Gasteiger partial charge in [-0.1, -0.05) is 23.7 Å². The molecule has 7 nitrogen and oxygen atoms in total. The van der Waals surface area contributed by atoms with Crippen LogP contribution in [0.1, 0.15) is 51.1 Å². The Morgan fingerprint density at radius 3 is 2.46 bits per heavy atom. The largest absolute Gasteiger partial charge is 0.478 e. The number of carbonyl (C=O) groups excluding carboxylic acids is 2. The Bertz CT molecular complexity index is 1350. The highest BCUT2D eigenvalue weighted by molar-refractivity contribution is 6.34. The minimum absolute atomic E-state index is 0.0257. The lowest BCUT2D eigenvalue weighted by Crippen LogP contribution is -2.40. The summed E-state index contributed by atoms with van der Waals surface area (Å²) in [6, 6.07) is 6.83. The molecule has 2 aliphatic rings. The zero-order valence-corrected chi connectivity index (χ0v) is 19.8. The van der Waals surface area contributed by atoms with Gasteiger partial charge in [-0.25, -0.2) is 9.18 Å². The molecule has 12 heteroatoms. The summed E-state index contributed by atoms with van der Waals surface area (Å²) in [4.78, 5) is 37.1. The first kappa shape index (κ1) is 26.3. The molecule has 1 fully saturated rings. The number of amides is 2. The summed E-state index contributed by atoms with van der Waals surface area (Å²) < 4.78 is 56.2. The van der Waals surface area contributed by atoms with E-state index in [2.05, 4.69) is 5.32 Å². The second kappa shape index (κ2) is 9.62. The van der Waals surface area contributed by atoms with Crippen molar-refractivity contribution in [1.29, 1.82) is 5.41 Å². The Morgan fingerprint density at radius 1 is 1.19 bits per heavy atom. The Labute approximate surface area is 213 Å². The quantitative estimate of drug-likeness (QED) is 0.270. The second-order valence-electron chi connectivity index (χ2n) is 8.85. The van der Waals surface area contributed by atoms with Crippen molar-refractivity contribution in [2.75, 3.05) is 13.1 Å². The van der Waals surface area contributed by atoms with E-state index in [0.717, 1.165) is 18.2 Å². The maximum atomic E-state index is 14.7.